The molecule has 2 rings (SSSR count). The number of aryl methyl sites for hydroxylation is 1. The van der Waals surface area contributed by atoms with Gasteiger partial charge < -0.3 is 5.32 Å². The number of halogens is 2. The Morgan fingerprint density at radius 3 is 2.72 bits per heavy atom. The normalized spacial score (nSPS) is 10.2. The SMILES string of the molecule is Cc1cc(NC(=O)c2ccc(F)cn2)cnc1Br. The van der Waals surface area contributed by atoms with Gasteiger partial charge in [-0.1, -0.05) is 0 Å². The predicted octanol–water partition coefficient (Wildman–Crippen LogP) is 2.94. The summed E-state index contributed by atoms with van der Waals surface area (Å²) >= 11 is 3.27. The van der Waals surface area contributed by atoms with Crippen LogP contribution in [0.3, 0.4) is 0 Å². The second-order valence-corrected chi connectivity index (χ2v) is 4.40. The van der Waals surface area contributed by atoms with Crippen LogP contribution in [0.15, 0.2) is 35.2 Å². The fourth-order valence-electron chi connectivity index (χ4n) is 1.33. The molecule has 1 N–H and O–H groups in total. The maximum atomic E-state index is 12.7. The molecule has 0 aliphatic rings. The highest BCUT2D eigenvalue weighted by Crippen LogP contribution is 2.17. The molecule has 0 aliphatic carbocycles. The quantitative estimate of drug-likeness (QED) is 0.868. The van der Waals surface area contributed by atoms with Crippen LogP contribution in [0.25, 0.3) is 0 Å². The molecule has 92 valence electrons. The van der Waals surface area contributed by atoms with E-state index in [2.05, 4.69) is 31.2 Å². The number of rotatable bonds is 2. The number of carbonyl (C=O) groups is 1. The van der Waals surface area contributed by atoms with E-state index in [1.54, 1.807) is 6.07 Å². The van der Waals surface area contributed by atoms with Gasteiger partial charge in [-0.2, -0.15) is 0 Å². The third-order valence-electron chi connectivity index (χ3n) is 2.23. The number of amides is 1. The van der Waals surface area contributed by atoms with E-state index in [-0.39, 0.29) is 5.69 Å². The van der Waals surface area contributed by atoms with E-state index in [1.807, 2.05) is 6.92 Å². The molecule has 4 nitrogen and oxygen atoms in total. The minimum Gasteiger partial charge on any atom is -0.319 e. The Bertz CT molecular complexity index is 586. The third-order valence-corrected chi connectivity index (χ3v) is 3.06. The maximum absolute atomic E-state index is 12.7. The first-order chi connectivity index (χ1) is 8.56. The highest BCUT2D eigenvalue weighted by atomic mass is 79.9. The molecule has 0 aliphatic heterocycles. The molecular weight excluding hydrogens is 301 g/mol. The summed E-state index contributed by atoms with van der Waals surface area (Å²) in [6.45, 7) is 1.86. The second-order valence-electron chi connectivity index (χ2n) is 3.65. The zero-order chi connectivity index (χ0) is 13.1. The zero-order valence-electron chi connectivity index (χ0n) is 9.45. The van der Waals surface area contributed by atoms with E-state index in [0.717, 1.165) is 16.4 Å². The second kappa shape index (κ2) is 5.22. The lowest BCUT2D eigenvalue weighted by Crippen LogP contribution is -2.13. The molecule has 2 aromatic heterocycles. The van der Waals surface area contributed by atoms with Crippen molar-refractivity contribution in [1.82, 2.24) is 9.97 Å². The summed E-state index contributed by atoms with van der Waals surface area (Å²) < 4.78 is 13.4. The Morgan fingerprint density at radius 2 is 2.11 bits per heavy atom. The van der Waals surface area contributed by atoms with Crippen LogP contribution in [-0.2, 0) is 0 Å². The number of nitrogens with one attached hydrogen (secondary N) is 1. The van der Waals surface area contributed by atoms with Crippen molar-refractivity contribution in [3.63, 3.8) is 0 Å². The highest BCUT2D eigenvalue weighted by Gasteiger charge is 2.08. The Labute approximate surface area is 111 Å². The first kappa shape index (κ1) is 12.6. The average molecular weight is 310 g/mol. The van der Waals surface area contributed by atoms with Crippen molar-refractivity contribution in [3.8, 4) is 0 Å². The van der Waals surface area contributed by atoms with Crippen LogP contribution in [0.4, 0.5) is 10.1 Å². The van der Waals surface area contributed by atoms with Gasteiger partial charge in [0.15, 0.2) is 0 Å². The molecular formula is C12H9BrFN3O. The van der Waals surface area contributed by atoms with Crippen LogP contribution < -0.4 is 5.32 Å². The van der Waals surface area contributed by atoms with Crippen molar-refractivity contribution in [2.24, 2.45) is 0 Å². The van der Waals surface area contributed by atoms with Crippen molar-refractivity contribution >= 4 is 27.5 Å². The third kappa shape index (κ3) is 2.89. The van der Waals surface area contributed by atoms with Gasteiger partial charge in [0.05, 0.1) is 18.1 Å². The standard InChI is InChI=1S/C12H9BrFN3O/c1-7-4-9(6-16-11(7)13)17-12(18)10-3-2-8(14)5-15-10/h2-6H,1H3,(H,17,18). The predicted molar refractivity (Wildman–Crippen MR) is 68.8 cm³/mol. The van der Waals surface area contributed by atoms with Gasteiger partial charge in [-0.25, -0.2) is 14.4 Å². The number of anilines is 1. The number of hydrogen-bond donors (Lipinski definition) is 1. The van der Waals surface area contributed by atoms with Crippen LogP contribution in [0.2, 0.25) is 0 Å². The van der Waals surface area contributed by atoms with Crippen molar-refractivity contribution in [3.05, 3.63) is 52.3 Å². The Balaban J connectivity index is 2.16. The summed E-state index contributed by atoms with van der Waals surface area (Å²) in [7, 11) is 0. The molecule has 0 aromatic carbocycles. The molecule has 0 saturated heterocycles. The molecule has 2 aromatic rings. The summed E-state index contributed by atoms with van der Waals surface area (Å²) in [4.78, 5) is 19.5. The highest BCUT2D eigenvalue weighted by molar-refractivity contribution is 9.10. The number of pyridine rings is 2. The molecule has 1 amide bonds. The molecule has 0 atom stereocenters. The van der Waals surface area contributed by atoms with Gasteiger partial charge >= 0.3 is 0 Å². The molecule has 0 bridgehead atoms. The van der Waals surface area contributed by atoms with Gasteiger partial charge in [-0.05, 0) is 46.6 Å². The van der Waals surface area contributed by atoms with Crippen LogP contribution >= 0.6 is 15.9 Å². The van der Waals surface area contributed by atoms with Gasteiger partial charge in [-0.3, -0.25) is 4.79 Å². The molecule has 18 heavy (non-hydrogen) atoms. The van der Waals surface area contributed by atoms with E-state index in [1.165, 1.54) is 18.3 Å². The number of aromatic nitrogens is 2. The first-order valence-corrected chi connectivity index (χ1v) is 5.90. The topological polar surface area (TPSA) is 54.9 Å². The fourth-order valence-corrected chi connectivity index (χ4v) is 1.55. The minimum atomic E-state index is -0.479. The van der Waals surface area contributed by atoms with E-state index in [0.29, 0.717) is 5.69 Å². The van der Waals surface area contributed by atoms with E-state index < -0.39 is 11.7 Å². The molecule has 0 spiro atoms. The van der Waals surface area contributed by atoms with Crippen molar-refractivity contribution < 1.29 is 9.18 Å². The van der Waals surface area contributed by atoms with Gasteiger partial charge in [0.1, 0.15) is 16.1 Å². The van der Waals surface area contributed by atoms with Gasteiger partial charge in [0.2, 0.25) is 0 Å². The van der Waals surface area contributed by atoms with E-state index >= 15 is 0 Å². The van der Waals surface area contributed by atoms with Gasteiger partial charge in [0.25, 0.3) is 5.91 Å². The molecule has 6 heteroatoms. The summed E-state index contributed by atoms with van der Waals surface area (Å²) in [6, 6.07) is 4.29. The van der Waals surface area contributed by atoms with Crippen LogP contribution in [-0.4, -0.2) is 15.9 Å². The van der Waals surface area contributed by atoms with Crippen LogP contribution in [0.5, 0.6) is 0 Å². The van der Waals surface area contributed by atoms with Crippen molar-refractivity contribution in [2.75, 3.05) is 5.32 Å². The monoisotopic (exact) mass is 309 g/mol. The number of hydrogen-bond acceptors (Lipinski definition) is 3. The lowest BCUT2D eigenvalue weighted by Gasteiger charge is -2.05. The molecule has 2 heterocycles. The minimum absolute atomic E-state index is 0.150. The summed E-state index contributed by atoms with van der Waals surface area (Å²) in [6.07, 6.45) is 2.53. The van der Waals surface area contributed by atoms with Gasteiger partial charge in [0, 0.05) is 0 Å². The average Bonchev–Trinajstić information content (AvgIpc) is 2.34. The molecule has 0 fully saturated rings. The van der Waals surface area contributed by atoms with E-state index in [4.69, 9.17) is 0 Å². The van der Waals surface area contributed by atoms with Gasteiger partial charge in [-0.15, -0.1) is 0 Å². The van der Waals surface area contributed by atoms with Crippen molar-refractivity contribution in [2.45, 2.75) is 6.92 Å². The van der Waals surface area contributed by atoms with Crippen LogP contribution in [0, 0.1) is 12.7 Å². The smallest absolute Gasteiger partial charge is 0.274 e. The fraction of sp³-hybridized carbons (Fsp3) is 0.0833. The Morgan fingerprint density at radius 1 is 1.33 bits per heavy atom. The number of carbonyl (C=O) groups excluding carboxylic acids is 1. The lowest BCUT2D eigenvalue weighted by atomic mass is 10.3. The van der Waals surface area contributed by atoms with Crippen molar-refractivity contribution in [1.29, 1.82) is 0 Å². The molecule has 0 saturated carbocycles. The Kier molecular flexibility index (Phi) is 3.66. The van der Waals surface area contributed by atoms with Crippen LogP contribution in [0.1, 0.15) is 16.1 Å². The maximum Gasteiger partial charge on any atom is 0.274 e. The first-order valence-electron chi connectivity index (χ1n) is 5.11. The summed E-state index contributed by atoms with van der Waals surface area (Å²) in [5.41, 5.74) is 1.61. The van der Waals surface area contributed by atoms with E-state index in [9.17, 15) is 9.18 Å². The molecule has 0 unspecified atom stereocenters. The summed E-state index contributed by atoms with van der Waals surface area (Å²) in [5.74, 6) is -0.883. The largest absolute Gasteiger partial charge is 0.319 e. The Hall–Kier alpha value is -1.82. The number of nitrogens with zero attached hydrogens (tertiary/aromatic N) is 2. The lowest BCUT2D eigenvalue weighted by molar-refractivity contribution is 0.102. The molecule has 0 radical (unpaired) electrons. The summed E-state index contributed by atoms with van der Waals surface area (Å²) in [5, 5.41) is 2.64. The zero-order valence-corrected chi connectivity index (χ0v) is 11.0.